The number of amides is 2. The summed E-state index contributed by atoms with van der Waals surface area (Å²) in [6.07, 6.45) is -0.424. The number of nitrogens with one attached hydrogen (secondary N) is 2. The molecule has 172 valence electrons. The third-order valence-corrected chi connectivity index (χ3v) is 4.52. The number of carbonyl (C=O) groups excluding carboxylic acids is 4. The van der Waals surface area contributed by atoms with Crippen molar-refractivity contribution < 1.29 is 33.4 Å². The van der Waals surface area contributed by atoms with E-state index >= 15 is 0 Å². The minimum absolute atomic E-state index is 0.00204. The summed E-state index contributed by atoms with van der Waals surface area (Å²) in [5, 5.41) is 5.12. The van der Waals surface area contributed by atoms with E-state index in [1.807, 2.05) is 44.2 Å². The maximum atomic E-state index is 12.8. The van der Waals surface area contributed by atoms with Crippen molar-refractivity contribution in [3.63, 3.8) is 0 Å². The number of benzene rings is 1. The molecular weight excluding hydrogens is 404 g/mol. The van der Waals surface area contributed by atoms with E-state index in [1.165, 1.54) is 14.2 Å². The molecule has 0 aliphatic heterocycles. The van der Waals surface area contributed by atoms with Gasteiger partial charge in [-0.2, -0.15) is 0 Å². The molecular formula is C22H32N2O7. The summed E-state index contributed by atoms with van der Waals surface area (Å²) in [6.45, 7) is 5.44. The molecule has 1 rings (SSSR count). The Morgan fingerprint density at radius 2 is 1.45 bits per heavy atom. The number of carbonyl (C=O) groups is 4. The molecule has 0 saturated heterocycles. The number of esters is 2. The third-order valence-electron chi connectivity index (χ3n) is 4.52. The molecule has 0 unspecified atom stereocenters. The van der Waals surface area contributed by atoms with Crippen LogP contribution in [0.4, 0.5) is 4.79 Å². The smallest absolute Gasteiger partial charge is 0.408 e. The lowest BCUT2D eigenvalue weighted by Crippen LogP contribution is -2.52. The Kier molecular flexibility index (Phi) is 11.1. The van der Waals surface area contributed by atoms with Crippen molar-refractivity contribution in [2.75, 3.05) is 14.2 Å². The molecule has 2 N–H and O–H groups in total. The zero-order chi connectivity index (χ0) is 23.4. The van der Waals surface area contributed by atoms with Crippen LogP contribution in [0.15, 0.2) is 30.3 Å². The first-order chi connectivity index (χ1) is 14.7. The quantitative estimate of drug-likeness (QED) is 0.403. The highest BCUT2D eigenvalue weighted by molar-refractivity contribution is 5.90. The van der Waals surface area contributed by atoms with Crippen LogP contribution in [0.5, 0.6) is 0 Å². The van der Waals surface area contributed by atoms with Crippen molar-refractivity contribution in [3.8, 4) is 0 Å². The van der Waals surface area contributed by atoms with E-state index in [9.17, 15) is 19.2 Å². The van der Waals surface area contributed by atoms with Gasteiger partial charge in [0.1, 0.15) is 18.7 Å². The summed E-state index contributed by atoms with van der Waals surface area (Å²) >= 11 is 0. The van der Waals surface area contributed by atoms with Gasteiger partial charge in [-0.3, -0.25) is 9.59 Å². The zero-order valence-electron chi connectivity index (χ0n) is 18.7. The van der Waals surface area contributed by atoms with Crippen LogP contribution in [-0.2, 0) is 35.2 Å². The number of ether oxygens (including phenoxy) is 3. The molecule has 0 spiro atoms. The Balaban J connectivity index is 2.79. The lowest BCUT2D eigenvalue weighted by Gasteiger charge is -2.24. The number of alkyl carbamates (subject to hydrolysis) is 1. The van der Waals surface area contributed by atoms with Crippen LogP contribution in [-0.4, -0.2) is 50.2 Å². The zero-order valence-corrected chi connectivity index (χ0v) is 18.7. The average molecular weight is 437 g/mol. The summed E-state index contributed by atoms with van der Waals surface area (Å²) in [5.41, 5.74) is 0.810. The number of rotatable bonds is 11. The molecule has 0 aliphatic rings. The Bertz CT molecular complexity index is 737. The van der Waals surface area contributed by atoms with Gasteiger partial charge in [-0.15, -0.1) is 0 Å². The van der Waals surface area contributed by atoms with Crippen LogP contribution >= 0.6 is 0 Å². The average Bonchev–Trinajstić information content (AvgIpc) is 2.75. The fraction of sp³-hybridized carbons (Fsp3) is 0.545. The Hall–Kier alpha value is -3.10. The third kappa shape index (κ3) is 9.50. The van der Waals surface area contributed by atoms with Gasteiger partial charge in [0, 0.05) is 0 Å². The first-order valence-corrected chi connectivity index (χ1v) is 10.1. The lowest BCUT2D eigenvalue weighted by molar-refractivity contribution is -0.149. The minimum atomic E-state index is -1.07. The molecule has 3 atom stereocenters. The summed E-state index contributed by atoms with van der Waals surface area (Å²) < 4.78 is 14.6. The van der Waals surface area contributed by atoms with Gasteiger partial charge < -0.3 is 24.8 Å². The SMILES string of the molecule is COC(=O)[C@H](C)C[C@@H](NC(=O)[C@H](CC(C)C)NC(=O)OCc1ccccc1)C(=O)OC. The monoisotopic (exact) mass is 436 g/mol. The fourth-order valence-corrected chi connectivity index (χ4v) is 2.89. The number of hydrogen-bond donors (Lipinski definition) is 2. The molecule has 0 aliphatic carbocycles. The molecule has 2 amide bonds. The normalized spacial score (nSPS) is 13.5. The van der Waals surface area contributed by atoms with Crippen molar-refractivity contribution >= 4 is 23.9 Å². The molecule has 0 bridgehead atoms. The summed E-state index contributed by atoms with van der Waals surface area (Å²) in [5.74, 6) is -2.33. The van der Waals surface area contributed by atoms with E-state index in [2.05, 4.69) is 15.4 Å². The van der Waals surface area contributed by atoms with Gasteiger partial charge in [0.05, 0.1) is 20.1 Å². The molecule has 9 heteroatoms. The van der Waals surface area contributed by atoms with Crippen molar-refractivity contribution in [1.82, 2.24) is 10.6 Å². The topological polar surface area (TPSA) is 120 Å². The second-order valence-corrected chi connectivity index (χ2v) is 7.63. The predicted molar refractivity (Wildman–Crippen MR) is 113 cm³/mol. The Morgan fingerprint density at radius 3 is 2.00 bits per heavy atom. The van der Waals surface area contributed by atoms with Gasteiger partial charge in [0.15, 0.2) is 0 Å². The van der Waals surface area contributed by atoms with Crippen molar-refractivity contribution in [3.05, 3.63) is 35.9 Å². The maximum Gasteiger partial charge on any atom is 0.408 e. The van der Waals surface area contributed by atoms with Crippen LogP contribution in [0.3, 0.4) is 0 Å². The van der Waals surface area contributed by atoms with E-state index in [4.69, 9.17) is 9.47 Å². The first kappa shape index (κ1) is 25.9. The first-order valence-electron chi connectivity index (χ1n) is 10.1. The summed E-state index contributed by atoms with van der Waals surface area (Å²) in [4.78, 5) is 48.9. The van der Waals surface area contributed by atoms with Crippen molar-refractivity contribution in [2.45, 2.75) is 52.3 Å². The van der Waals surface area contributed by atoms with Crippen LogP contribution in [0.2, 0.25) is 0 Å². The molecule has 31 heavy (non-hydrogen) atoms. The van der Waals surface area contributed by atoms with Crippen molar-refractivity contribution in [1.29, 1.82) is 0 Å². The Labute approximate surface area is 182 Å². The second kappa shape index (κ2) is 13.3. The summed E-state index contributed by atoms with van der Waals surface area (Å²) in [7, 11) is 2.43. The number of methoxy groups -OCH3 is 2. The molecule has 9 nitrogen and oxygen atoms in total. The van der Waals surface area contributed by atoms with E-state index in [0.717, 1.165) is 5.56 Å². The largest absolute Gasteiger partial charge is 0.469 e. The van der Waals surface area contributed by atoms with Gasteiger partial charge >= 0.3 is 18.0 Å². The van der Waals surface area contributed by atoms with E-state index in [1.54, 1.807) is 6.92 Å². The van der Waals surface area contributed by atoms with Gasteiger partial charge in [0.2, 0.25) is 5.91 Å². The van der Waals surface area contributed by atoms with Crippen LogP contribution in [0, 0.1) is 11.8 Å². The van der Waals surface area contributed by atoms with Gasteiger partial charge in [-0.1, -0.05) is 51.1 Å². The molecule has 0 saturated carbocycles. The van der Waals surface area contributed by atoms with Gasteiger partial charge in [0.25, 0.3) is 0 Å². The molecule has 0 aromatic heterocycles. The van der Waals surface area contributed by atoms with Crippen molar-refractivity contribution in [2.24, 2.45) is 11.8 Å². The molecule has 1 aromatic carbocycles. The second-order valence-electron chi connectivity index (χ2n) is 7.63. The van der Waals surface area contributed by atoms with E-state index in [-0.39, 0.29) is 18.9 Å². The minimum Gasteiger partial charge on any atom is -0.469 e. The van der Waals surface area contributed by atoms with Crippen LogP contribution in [0.25, 0.3) is 0 Å². The van der Waals surface area contributed by atoms with E-state index in [0.29, 0.717) is 6.42 Å². The molecule has 0 radical (unpaired) electrons. The van der Waals surface area contributed by atoms with E-state index < -0.39 is 41.9 Å². The highest BCUT2D eigenvalue weighted by Crippen LogP contribution is 2.12. The Morgan fingerprint density at radius 1 is 0.839 bits per heavy atom. The molecule has 1 aromatic rings. The highest BCUT2D eigenvalue weighted by atomic mass is 16.5. The van der Waals surface area contributed by atoms with Crippen LogP contribution < -0.4 is 10.6 Å². The molecule has 0 fully saturated rings. The predicted octanol–water partition coefficient (Wildman–Crippen LogP) is 2.18. The fourth-order valence-electron chi connectivity index (χ4n) is 2.89. The highest BCUT2D eigenvalue weighted by Gasteiger charge is 2.31. The van der Waals surface area contributed by atoms with Gasteiger partial charge in [-0.25, -0.2) is 9.59 Å². The molecule has 0 heterocycles. The van der Waals surface area contributed by atoms with Gasteiger partial charge in [-0.05, 0) is 24.3 Å². The number of hydrogen-bond acceptors (Lipinski definition) is 7. The van der Waals surface area contributed by atoms with Crippen LogP contribution in [0.1, 0.15) is 39.2 Å². The maximum absolute atomic E-state index is 12.8. The standard InChI is InChI=1S/C22H32N2O7/c1-14(2)11-17(24-22(28)31-13-16-9-7-6-8-10-16)19(25)23-18(21(27)30-5)12-15(3)20(26)29-4/h6-10,14-15,17-18H,11-13H2,1-5H3,(H,23,25)(H,24,28)/t15-,17+,18-/m1/s1. The lowest BCUT2D eigenvalue weighted by atomic mass is 9.99. The summed E-state index contributed by atoms with van der Waals surface area (Å²) in [6, 6.07) is 7.14.